The van der Waals surface area contributed by atoms with E-state index in [1.54, 1.807) is 20.8 Å². The lowest BCUT2D eigenvalue weighted by Gasteiger charge is -2.22. The van der Waals surface area contributed by atoms with Gasteiger partial charge in [0.2, 0.25) is 0 Å². The third-order valence-electron chi connectivity index (χ3n) is 3.67. The third kappa shape index (κ3) is 9.38. The van der Waals surface area contributed by atoms with Crippen molar-refractivity contribution in [1.82, 2.24) is 10.6 Å². The van der Waals surface area contributed by atoms with E-state index in [0.29, 0.717) is 13.1 Å². The second-order valence-electron chi connectivity index (χ2n) is 6.98. The number of alkyl carbamates (subject to hydrolysis) is 1. The predicted molar refractivity (Wildman–Crippen MR) is 106 cm³/mol. The van der Waals surface area contributed by atoms with Gasteiger partial charge in [-0.1, -0.05) is 0 Å². The minimum absolute atomic E-state index is 0. The summed E-state index contributed by atoms with van der Waals surface area (Å²) in [7, 11) is 0. The summed E-state index contributed by atoms with van der Waals surface area (Å²) in [4.78, 5) is 25.8. The number of carbonyl (C=O) groups excluding carboxylic acids is 2. The Kier molecular flexibility index (Phi) is 10.6. The van der Waals surface area contributed by atoms with Crippen LogP contribution < -0.4 is 33.3 Å². The first-order chi connectivity index (χ1) is 12.2. The van der Waals surface area contributed by atoms with Gasteiger partial charge in [0.25, 0.3) is 0 Å². The largest absolute Gasteiger partial charge is 1.00 e. The lowest BCUT2D eigenvalue weighted by molar-refractivity contribution is -0.0000301. The highest BCUT2D eigenvalue weighted by Crippen LogP contribution is 2.22. The number of nitrogens with zero attached hydrogens (tertiary/aromatic N) is 1. The van der Waals surface area contributed by atoms with E-state index in [0.717, 1.165) is 30.0 Å². The van der Waals surface area contributed by atoms with Crippen LogP contribution in [-0.4, -0.2) is 43.9 Å². The second-order valence-corrected chi connectivity index (χ2v) is 6.98. The predicted octanol–water partition coefficient (Wildman–Crippen LogP) is 0.491. The quantitative estimate of drug-likeness (QED) is 0.583. The molecule has 1 aromatic carbocycles. The van der Waals surface area contributed by atoms with Crippen molar-refractivity contribution in [2.75, 3.05) is 36.4 Å². The van der Waals surface area contributed by atoms with E-state index in [2.05, 4.69) is 40.8 Å². The van der Waals surface area contributed by atoms with E-state index in [9.17, 15) is 9.59 Å². The summed E-state index contributed by atoms with van der Waals surface area (Å²) in [5.41, 5.74) is 2.36. The zero-order valence-electron chi connectivity index (χ0n) is 17.1. The molecule has 0 saturated heterocycles. The van der Waals surface area contributed by atoms with Crippen molar-refractivity contribution in [2.24, 2.45) is 0 Å². The van der Waals surface area contributed by atoms with Gasteiger partial charge in [-0.3, -0.25) is 0 Å². The van der Waals surface area contributed by atoms with E-state index in [-0.39, 0.29) is 18.4 Å². The molecular weight excluding hydrogens is 368 g/mol. The van der Waals surface area contributed by atoms with Gasteiger partial charge in [0.1, 0.15) is 5.60 Å². The molecule has 0 aliphatic heterocycles. The molecule has 0 bridgehead atoms. The molecule has 0 saturated carbocycles. The molecule has 0 radical (unpaired) electrons. The van der Waals surface area contributed by atoms with Crippen LogP contribution >= 0.6 is 0 Å². The number of hydrogen-bond donors (Lipinski definition) is 3. The average Bonchev–Trinajstić information content (AvgIpc) is 2.53. The van der Waals surface area contributed by atoms with Crippen LogP contribution in [0.5, 0.6) is 0 Å². The molecule has 0 aliphatic rings. The molecule has 0 fully saturated rings. The van der Waals surface area contributed by atoms with Gasteiger partial charge in [0, 0.05) is 37.6 Å². The number of benzene rings is 1. The van der Waals surface area contributed by atoms with Crippen LogP contribution in [0, 0.1) is 6.92 Å². The van der Waals surface area contributed by atoms with Crippen LogP contribution in [0.4, 0.5) is 21.0 Å². The SMILES string of the molecule is CCN(CC)c1ccc(NC(=O)NCCNC(=O)OC(C)(C)C)c(C)c1.[Cl-]. The molecule has 0 aliphatic carbocycles. The van der Waals surface area contributed by atoms with E-state index in [1.807, 2.05) is 19.1 Å². The number of nitrogens with one attached hydrogen (secondary N) is 3. The molecule has 0 heterocycles. The van der Waals surface area contributed by atoms with Crippen LogP contribution in [-0.2, 0) is 4.74 Å². The molecule has 7 nitrogen and oxygen atoms in total. The third-order valence-corrected chi connectivity index (χ3v) is 3.67. The second kappa shape index (κ2) is 11.5. The molecule has 1 aromatic rings. The maximum atomic E-state index is 12.0. The Morgan fingerprint density at radius 3 is 2.19 bits per heavy atom. The Labute approximate surface area is 168 Å². The van der Waals surface area contributed by atoms with E-state index >= 15 is 0 Å². The summed E-state index contributed by atoms with van der Waals surface area (Å²) in [6, 6.07) is 5.66. The van der Waals surface area contributed by atoms with Gasteiger partial charge < -0.3 is 38.0 Å². The van der Waals surface area contributed by atoms with Gasteiger partial charge in [-0.15, -0.1) is 0 Å². The Morgan fingerprint density at radius 2 is 1.67 bits per heavy atom. The lowest BCUT2D eigenvalue weighted by Crippen LogP contribution is -3.00. The van der Waals surface area contributed by atoms with Crippen molar-refractivity contribution in [3.63, 3.8) is 0 Å². The topological polar surface area (TPSA) is 82.7 Å². The number of carbonyl (C=O) groups is 2. The summed E-state index contributed by atoms with van der Waals surface area (Å²) in [6.45, 7) is 14.1. The van der Waals surface area contributed by atoms with Crippen LogP contribution in [0.1, 0.15) is 40.2 Å². The Morgan fingerprint density at radius 1 is 1.07 bits per heavy atom. The van der Waals surface area contributed by atoms with Crippen molar-refractivity contribution in [3.8, 4) is 0 Å². The van der Waals surface area contributed by atoms with Crippen LogP contribution in [0.3, 0.4) is 0 Å². The fraction of sp³-hybridized carbons (Fsp3) is 0.579. The first-order valence-corrected chi connectivity index (χ1v) is 9.03. The fourth-order valence-electron chi connectivity index (χ4n) is 2.39. The molecule has 154 valence electrons. The molecule has 27 heavy (non-hydrogen) atoms. The number of halogens is 1. The number of amides is 3. The maximum Gasteiger partial charge on any atom is 0.407 e. The van der Waals surface area contributed by atoms with Gasteiger partial charge in [-0.05, 0) is 65.3 Å². The molecule has 1 rings (SSSR count). The highest BCUT2D eigenvalue weighted by Gasteiger charge is 2.15. The fourth-order valence-corrected chi connectivity index (χ4v) is 2.39. The summed E-state index contributed by atoms with van der Waals surface area (Å²) >= 11 is 0. The summed E-state index contributed by atoms with van der Waals surface area (Å²) in [5.74, 6) is 0. The Hall–Kier alpha value is -2.15. The molecule has 0 atom stereocenters. The minimum atomic E-state index is -0.538. The molecule has 3 N–H and O–H groups in total. The molecule has 0 unspecified atom stereocenters. The van der Waals surface area contributed by atoms with E-state index in [1.165, 1.54) is 0 Å². The molecular formula is C19H32ClN4O3-. The zero-order valence-corrected chi connectivity index (χ0v) is 17.9. The number of rotatable bonds is 7. The Bertz CT molecular complexity index is 613. The molecule has 8 heteroatoms. The normalized spacial score (nSPS) is 10.4. The van der Waals surface area contributed by atoms with Gasteiger partial charge in [-0.2, -0.15) is 0 Å². The van der Waals surface area contributed by atoms with Crippen LogP contribution in [0.2, 0.25) is 0 Å². The van der Waals surface area contributed by atoms with Crippen molar-refractivity contribution >= 4 is 23.5 Å². The van der Waals surface area contributed by atoms with Gasteiger partial charge in [0.05, 0.1) is 0 Å². The van der Waals surface area contributed by atoms with Gasteiger partial charge >= 0.3 is 12.1 Å². The van der Waals surface area contributed by atoms with Gasteiger partial charge in [0.15, 0.2) is 0 Å². The lowest BCUT2D eigenvalue weighted by atomic mass is 10.1. The summed E-state index contributed by atoms with van der Waals surface area (Å²) in [6.07, 6.45) is -0.498. The minimum Gasteiger partial charge on any atom is -1.00 e. The monoisotopic (exact) mass is 399 g/mol. The number of aryl methyl sites for hydroxylation is 1. The zero-order chi connectivity index (χ0) is 19.7. The molecule has 0 spiro atoms. The number of hydrogen-bond acceptors (Lipinski definition) is 4. The van der Waals surface area contributed by atoms with Crippen LogP contribution in [0.15, 0.2) is 18.2 Å². The highest BCUT2D eigenvalue weighted by molar-refractivity contribution is 5.90. The van der Waals surface area contributed by atoms with Crippen LogP contribution in [0.25, 0.3) is 0 Å². The van der Waals surface area contributed by atoms with E-state index in [4.69, 9.17) is 4.74 Å². The van der Waals surface area contributed by atoms with Crippen molar-refractivity contribution < 1.29 is 26.7 Å². The number of anilines is 2. The number of ether oxygens (including phenoxy) is 1. The molecule has 0 aromatic heterocycles. The average molecular weight is 400 g/mol. The molecule has 3 amide bonds. The highest BCUT2D eigenvalue weighted by atomic mass is 35.5. The summed E-state index contributed by atoms with van der Waals surface area (Å²) < 4.78 is 5.12. The van der Waals surface area contributed by atoms with Gasteiger partial charge in [-0.25, -0.2) is 9.59 Å². The van der Waals surface area contributed by atoms with E-state index < -0.39 is 11.7 Å². The van der Waals surface area contributed by atoms with Crippen molar-refractivity contribution in [3.05, 3.63) is 23.8 Å². The summed E-state index contributed by atoms with van der Waals surface area (Å²) in [5, 5.41) is 8.13. The Balaban J connectivity index is 0.00000676. The smallest absolute Gasteiger partial charge is 0.407 e. The maximum absolute atomic E-state index is 12.0. The first kappa shape index (κ1) is 24.8. The van der Waals surface area contributed by atoms with Crippen molar-refractivity contribution in [2.45, 2.75) is 47.1 Å². The number of urea groups is 1. The standard InChI is InChI=1S/C19H32N4O3.ClH/c1-7-23(8-2)15-9-10-16(14(3)13-15)22-17(24)20-11-12-21-18(25)26-19(4,5)6;/h9-10,13H,7-8,11-12H2,1-6H3,(H,21,25)(H2,20,22,24);1H/p-1. The first-order valence-electron chi connectivity index (χ1n) is 9.03. The van der Waals surface area contributed by atoms with Crippen molar-refractivity contribution in [1.29, 1.82) is 0 Å².